The normalized spacial score (nSPS) is 17.3. The van der Waals surface area contributed by atoms with Crippen LogP contribution in [-0.2, 0) is 9.59 Å². The van der Waals surface area contributed by atoms with E-state index in [-0.39, 0.29) is 25.0 Å². The van der Waals surface area contributed by atoms with E-state index in [4.69, 9.17) is 5.11 Å². The van der Waals surface area contributed by atoms with Gasteiger partial charge in [0, 0.05) is 20.2 Å². The SMILES string of the molecule is CN(CCCCCO)C(=O)CN1C(=O)NC(C)(C)C1=O. The number of unbranched alkanes of at least 4 members (excludes halogenated alkanes) is 2. The number of hydrogen-bond acceptors (Lipinski definition) is 4. The highest BCUT2D eigenvalue weighted by molar-refractivity contribution is 6.08. The average molecular weight is 285 g/mol. The average Bonchev–Trinajstić information content (AvgIpc) is 2.56. The van der Waals surface area contributed by atoms with Crippen molar-refractivity contribution in [2.24, 2.45) is 0 Å². The van der Waals surface area contributed by atoms with Crippen molar-refractivity contribution in [3.05, 3.63) is 0 Å². The first-order valence-corrected chi connectivity index (χ1v) is 6.78. The van der Waals surface area contributed by atoms with Crippen LogP contribution in [0, 0.1) is 0 Å². The first kappa shape index (κ1) is 16.4. The van der Waals surface area contributed by atoms with Gasteiger partial charge >= 0.3 is 6.03 Å². The maximum Gasteiger partial charge on any atom is 0.325 e. The molecule has 20 heavy (non-hydrogen) atoms. The second-order valence-corrected chi connectivity index (χ2v) is 5.55. The van der Waals surface area contributed by atoms with Crippen LogP contribution in [0.25, 0.3) is 0 Å². The van der Waals surface area contributed by atoms with Crippen molar-refractivity contribution in [3.8, 4) is 0 Å². The molecule has 4 amide bonds. The zero-order chi connectivity index (χ0) is 15.3. The minimum absolute atomic E-state index is 0.148. The van der Waals surface area contributed by atoms with E-state index < -0.39 is 11.6 Å². The molecule has 0 unspecified atom stereocenters. The molecule has 0 saturated carbocycles. The Labute approximate surface area is 118 Å². The topological polar surface area (TPSA) is 89.9 Å². The molecule has 0 spiro atoms. The second kappa shape index (κ2) is 6.69. The Morgan fingerprint density at radius 1 is 1.30 bits per heavy atom. The minimum Gasteiger partial charge on any atom is -0.396 e. The van der Waals surface area contributed by atoms with E-state index in [1.165, 1.54) is 4.90 Å². The van der Waals surface area contributed by atoms with E-state index in [9.17, 15) is 14.4 Å². The number of aliphatic hydroxyl groups is 1. The summed E-state index contributed by atoms with van der Waals surface area (Å²) in [5.41, 5.74) is -0.947. The van der Waals surface area contributed by atoms with Gasteiger partial charge in [-0.1, -0.05) is 0 Å². The second-order valence-electron chi connectivity index (χ2n) is 5.55. The molecule has 0 bridgehead atoms. The molecule has 1 rings (SSSR count). The van der Waals surface area contributed by atoms with Gasteiger partial charge in [-0.15, -0.1) is 0 Å². The van der Waals surface area contributed by atoms with Crippen LogP contribution in [0.2, 0.25) is 0 Å². The summed E-state index contributed by atoms with van der Waals surface area (Å²) < 4.78 is 0. The zero-order valence-electron chi connectivity index (χ0n) is 12.3. The number of imide groups is 1. The van der Waals surface area contributed by atoms with Gasteiger partial charge in [-0.05, 0) is 33.1 Å². The highest BCUT2D eigenvalue weighted by Crippen LogP contribution is 2.16. The van der Waals surface area contributed by atoms with Gasteiger partial charge in [0.2, 0.25) is 5.91 Å². The van der Waals surface area contributed by atoms with E-state index in [1.807, 2.05) is 0 Å². The molecule has 7 heteroatoms. The molecule has 7 nitrogen and oxygen atoms in total. The fourth-order valence-corrected chi connectivity index (χ4v) is 1.98. The van der Waals surface area contributed by atoms with Crippen molar-refractivity contribution < 1.29 is 19.5 Å². The van der Waals surface area contributed by atoms with Crippen LogP contribution in [0.15, 0.2) is 0 Å². The van der Waals surface area contributed by atoms with Gasteiger partial charge in [0.15, 0.2) is 0 Å². The van der Waals surface area contributed by atoms with Gasteiger partial charge in [0.05, 0.1) is 0 Å². The lowest BCUT2D eigenvalue weighted by atomic mass is 10.1. The van der Waals surface area contributed by atoms with E-state index in [0.29, 0.717) is 13.0 Å². The molecular weight excluding hydrogens is 262 g/mol. The first-order chi connectivity index (χ1) is 9.29. The smallest absolute Gasteiger partial charge is 0.325 e. The summed E-state index contributed by atoms with van der Waals surface area (Å²) in [6, 6.07) is -0.526. The van der Waals surface area contributed by atoms with Gasteiger partial charge < -0.3 is 15.3 Å². The third kappa shape index (κ3) is 3.93. The number of carbonyl (C=O) groups is 3. The van der Waals surface area contributed by atoms with Crippen LogP contribution in [0.5, 0.6) is 0 Å². The molecule has 0 aromatic rings. The number of hydrogen-bond donors (Lipinski definition) is 2. The van der Waals surface area contributed by atoms with Gasteiger partial charge in [0.1, 0.15) is 12.1 Å². The fraction of sp³-hybridized carbons (Fsp3) is 0.769. The number of nitrogens with one attached hydrogen (secondary N) is 1. The summed E-state index contributed by atoms with van der Waals surface area (Å²) in [4.78, 5) is 38.0. The molecule has 0 atom stereocenters. The third-order valence-corrected chi connectivity index (χ3v) is 3.32. The van der Waals surface area contributed by atoms with Crippen LogP contribution in [0.3, 0.4) is 0 Å². The molecular formula is C13H23N3O4. The van der Waals surface area contributed by atoms with Gasteiger partial charge in [-0.3, -0.25) is 14.5 Å². The number of amides is 4. The van der Waals surface area contributed by atoms with Gasteiger partial charge in [-0.25, -0.2) is 4.79 Å². The lowest BCUT2D eigenvalue weighted by Gasteiger charge is -2.20. The molecule has 1 saturated heterocycles. The Hall–Kier alpha value is -1.63. The Morgan fingerprint density at radius 2 is 1.95 bits per heavy atom. The summed E-state index contributed by atoms with van der Waals surface area (Å²) in [6.45, 7) is 3.68. The van der Waals surface area contributed by atoms with E-state index in [0.717, 1.165) is 17.7 Å². The van der Waals surface area contributed by atoms with Gasteiger partial charge in [0.25, 0.3) is 5.91 Å². The van der Waals surface area contributed by atoms with Gasteiger partial charge in [-0.2, -0.15) is 0 Å². The number of aliphatic hydroxyl groups excluding tert-OH is 1. The number of nitrogens with zero attached hydrogens (tertiary/aromatic N) is 2. The minimum atomic E-state index is -0.947. The quantitative estimate of drug-likeness (QED) is 0.506. The van der Waals surface area contributed by atoms with Crippen molar-refractivity contribution in [3.63, 3.8) is 0 Å². The molecule has 1 heterocycles. The van der Waals surface area contributed by atoms with Crippen molar-refractivity contribution in [1.29, 1.82) is 0 Å². The van der Waals surface area contributed by atoms with Crippen LogP contribution in [-0.4, -0.2) is 65.0 Å². The predicted molar refractivity (Wildman–Crippen MR) is 72.9 cm³/mol. The van der Waals surface area contributed by atoms with E-state index in [2.05, 4.69) is 5.32 Å². The Morgan fingerprint density at radius 3 is 2.45 bits per heavy atom. The van der Waals surface area contributed by atoms with E-state index in [1.54, 1.807) is 20.9 Å². The Kier molecular flexibility index (Phi) is 5.50. The predicted octanol–water partition coefficient (Wildman–Crippen LogP) is -0.0622. The summed E-state index contributed by atoms with van der Waals surface area (Å²) in [5, 5.41) is 11.2. The molecule has 1 fully saturated rings. The van der Waals surface area contributed by atoms with Crippen LogP contribution >= 0.6 is 0 Å². The summed E-state index contributed by atoms with van der Waals surface area (Å²) in [6.07, 6.45) is 2.34. The first-order valence-electron chi connectivity index (χ1n) is 6.78. The molecule has 0 aliphatic carbocycles. The summed E-state index contributed by atoms with van der Waals surface area (Å²) in [7, 11) is 1.64. The fourth-order valence-electron chi connectivity index (χ4n) is 1.98. The largest absolute Gasteiger partial charge is 0.396 e. The third-order valence-electron chi connectivity index (χ3n) is 3.32. The molecule has 0 aromatic carbocycles. The number of urea groups is 1. The maximum absolute atomic E-state index is 12.0. The molecule has 1 aliphatic heterocycles. The maximum atomic E-state index is 12.0. The lowest BCUT2D eigenvalue weighted by Crippen LogP contribution is -2.43. The molecule has 0 aromatic heterocycles. The Balaban J connectivity index is 2.46. The monoisotopic (exact) mass is 285 g/mol. The van der Waals surface area contributed by atoms with Crippen LogP contribution in [0.4, 0.5) is 4.79 Å². The highest BCUT2D eigenvalue weighted by Gasteiger charge is 2.45. The molecule has 1 aliphatic rings. The van der Waals surface area contributed by atoms with E-state index >= 15 is 0 Å². The molecule has 114 valence electrons. The Bertz CT molecular complexity index is 395. The standard InChI is InChI=1S/C13H23N3O4/c1-13(2)11(19)16(12(20)14-13)9-10(18)15(3)7-5-4-6-8-17/h17H,4-9H2,1-3H3,(H,14,20). The summed E-state index contributed by atoms with van der Waals surface area (Å²) in [5.74, 6) is -0.653. The summed E-state index contributed by atoms with van der Waals surface area (Å²) >= 11 is 0. The molecule has 0 radical (unpaired) electrons. The lowest BCUT2D eigenvalue weighted by molar-refractivity contribution is -0.137. The van der Waals surface area contributed by atoms with Crippen molar-refractivity contribution in [2.45, 2.75) is 38.6 Å². The van der Waals surface area contributed by atoms with Crippen molar-refractivity contribution in [2.75, 3.05) is 26.7 Å². The number of rotatable bonds is 7. The van der Waals surface area contributed by atoms with Crippen molar-refractivity contribution in [1.82, 2.24) is 15.1 Å². The zero-order valence-corrected chi connectivity index (χ0v) is 12.3. The molecule has 2 N–H and O–H groups in total. The van der Waals surface area contributed by atoms with Crippen LogP contribution in [0.1, 0.15) is 33.1 Å². The highest BCUT2D eigenvalue weighted by atomic mass is 16.3. The van der Waals surface area contributed by atoms with Crippen molar-refractivity contribution >= 4 is 17.8 Å². The number of carbonyl (C=O) groups excluding carboxylic acids is 3. The number of likely N-dealkylation sites (N-methyl/N-ethyl adjacent to an activating group) is 1. The van der Waals surface area contributed by atoms with Crippen LogP contribution < -0.4 is 5.32 Å².